The molecule has 0 saturated heterocycles. The van der Waals surface area contributed by atoms with E-state index in [9.17, 15) is 4.79 Å². The van der Waals surface area contributed by atoms with Crippen LogP contribution in [0, 0.1) is 0 Å². The number of rotatable bonds is 1. The van der Waals surface area contributed by atoms with Crippen LogP contribution >= 0.6 is 38.9 Å². The van der Waals surface area contributed by atoms with E-state index in [0.717, 1.165) is 10.1 Å². The minimum absolute atomic E-state index is 0.319. The molecule has 0 aliphatic heterocycles. The molecule has 0 fully saturated rings. The van der Waals surface area contributed by atoms with Crippen LogP contribution in [-0.4, -0.2) is 11.3 Å². The molecule has 1 aromatic heterocycles. The van der Waals surface area contributed by atoms with Crippen LogP contribution in [-0.2, 0) is 0 Å². The summed E-state index contributed by atoms with van der Waals surface area (Å²) in [5.41, 5.74) is 0. The van der Waals surface area contributed by atoms with Crippen molar-refractivity contribution in [1.29, 1.82) is 0 Å². The van der Waals surface area contributed by atoms with Crippen molar-refractivity contribution in [2.75, 3.05) is 0 Å². The van der Waals surface area contributed by atoms with E-state index < -0.39 is 6.16 Å². The van der Waals surface area contributed by atoms with Gasteiger partial charge < -0.3 is 9.84 Å². The van der Waals surface area contributed by atoms with E-state index in [-0.39, 0.29) is 0 Å². The Hall–Kier alpha value is -0.780. The number of fused-ring (bicyclic) bond motifs is 1. The molecule has 1 N–H and O–H groups in total. The second-order valence-corrected chi connectivity index (χ2v) is 4.96. The van der Waals surface area contributed by atoms with Gasteiger partial charge in [0.05, 0.1) is 4.47 Å². The molecule has 78 valence electrons. The van der Waals surface area contributed by atoms with E-state index in [1.165, 1.54) is 11.3 Å². The molecule has 0 bridgehead atoms. The zero-order chi connectivity index (χ0) is 11.0. The smallest absolute Gasteiger partial charge is 0.449 e. The van der Waals surface area contributed by atoms with Gasteiger partial charge in [0.1, 0.15) is 0 Å². The Bertz CT molecular complexity index is 537. The summed E-state index contributed by atoms with van der Waals surface area (Å²) in [6.07, 6.45) is -1.33. The number of halogens is 2. The highest BCUT2D eigenvalue weighted by Crippen LogP contribution is 2.42. The lowest BCUT2D eigenvalue weighted by molar-refractivity contribution is 0.145. The van der Waals surface area contributed by atoms with Crippen molar-refractivity contribution in [3.63, 3.8) is 0 Å². The van der Waals surface area contributed by atoms with Crippen molar-refractivity contribution in [2.45, 2.75) is 0 Å². The summed E-state index contributed by atoms with van der Waals surface area (Å²) < 4.78 is 6.15. The summed E-state index contributed by atoms with van der Waals surface area (Å²) in [6, 6.07) is 5.32. The fraction of sp³-hybridized carbons (Fsp3) is 0. The summed E-state index contributed by atoms with van der Waals surface area (Å²) >= 11 is 10.4. The third-order valence-electron chi connectivity index (χ3n) is 1.74. The molecule has 0 unspecified atom stereocenters. The van der Waals surface area contributed by atoms with Gasteiger partial charge in [0.2, 0.25) is 5.06 Å². The van der Waals surface area contributed by atoms with Crippen LogP contribution in [0.2, 0.25) is 5.02 Å². The average Bonchev–Trinajstić information content (AvgIpc) is 2.44. The van der Waals surface area contributed by atoms with E-state index in [2.05, 4.69) is 20.7 Å². The molecule has 0 aliphatic rings. The van der Waals surface area contributed by atoms with Crippen molar-refractivity contribution < 1.29 is 14.6 Å². The van der Waals surface area contributed by atoms with E-state index in [0.29, 0.717) is 14.6 Å². The van der Waals surface area contributed by atoms with Crippen molar-refractivity contribution in [2.24, 2.45) is 0 Å². The zero-order valence-corrected chi connectivity index (χ0v) is 10.3. The fourth-order valence-corrected chi connectivity index (χ4v) is 3.04. The summed E-state index contributed by atoms with van der Waals surface area (Å²) in [5.74, 6) is 0. The minimum atomic E-state index is -1.33. The van der Waals surface area contributed by atoms with Gasteiger partial charge in [0.25, 0.3) is 0 Å². The van der Waals surface area contributed by atoms with Crippen LogP contribution < -0.4 is 4.74 Å². The van der Waals surface area contributed by atoms with Gasteiger partial charge in [-0.15, -0.1) is 0 Å². The highest BCUT2D eigenvalue weighted by molar-refractivity contribution is 9.10. The van der Waals surface area contributed by atoms with Crippen LogP contribution in [0.25, 0.3) is 10.1 Å². The number of carboxylic acid groups (broad SMARTS) is 1. The maximum atomic E-state index is 10.4. The third-order valence-corrected chi connectivity index (χ3v) is 4.07. The number of hydrogen-bond donors (Lipinski definition) is 1. The van der Waals surface area contributed by atoms with Gasteiger partial charge in [-0.3, -0.25) is 0 Å². The Morgan fingerprint density at radius 1 is 1.53 bits per heavy atom. The van der Waals surface area contributed by atoms with Crippen molar-refractivity contribution >= 4 is 55.1 Å². The van der Waals surface area contributed by atoms with Crippen LogP contribution in [0.4, 0.5) is 4.79 Å². The molecule has 0 spiro atoms. The highest BCUT2D eigenvalue weighted by atomic mass is 79.9. The predicted octanol–water partition coefficient (Wildman–Crippen LogP) is 4.37. The maximum Gasteiger partial charge on any atom is 0.512 e. The fourth-order valence-electron chi connectivity index (χ4n) is 1.16. The van der Waals surface area contributed by atoms with Crippen LogP contribution in [0.15, 0.2) is 22.7 Å². The minimum Gasteiger partial charge on any atom is -0.449 e. The summed E-state index contributed by atoms with van der Waals surface area (Å²) in [6.45, 7) is 0. The maximum absolute atomic E-state index is 10.4. The molecule has 0 amide bonds. The molecule has 15 heavy (non-hydrogen) atoms. The second kappa shape index (κ2) is 4.00. The summed E-state index contributed by atoms with van der Waals surface area (Å²) in [7, 11) is 0. The Labute approximate surface area is 102 Å². The first kappa shape index (κ1) is 10.7. The number of ether oxygens (including phenoxy) is 1. The first-order chi connectivity index (χ1) is 7.08. The molecule has 6 heteroatoms. The van der Waals surface area contributed by atoms with Crippen LogP contribution in [0.5, 0.6) is 5.06 Å². The quantitative estimate of drug-likeness (QED) is 0.796. The number of thiophene rings is 1. The van der Waals surface area contributed by atoms with Crippen LogP contribution in [0.1, 0.15) is 0 Å². The van der Waals surface area contributed by atoms with Gasteiger partial charge in [-0.1, -0.05) is 22.9 Å². The molecule has 0 saturated carbocycles. The Morgan fingerprint density at radius 3 is 2.93 bits per heavy atom. The standard InChI is InChI=1S/C9H4BrClO3S/c10-7-5-3-4(11)1-2-6(5)15-8(7)14-9(12)13/h1-3H,(H,12,13). The normalized spacial score (nSPS) is 10.5. The third kappa shape index (κ3) is 2.09. The molecule has 0 atom stereocenters. The van der Waals surface area contributed by atoms with Crippen molar-refractivity contribution in [3.8, 4) is 5.06 Å². The highest BCUT2D eigenvalue weighted by Gasteiger charge is 2.13. The van der Waals surface area contributed by atoms with Gasteiger partial charge in [-0.05, 0) is 34.1 Å². The Balaban J connectivity index is 2.59. The molecular weight excluding hydrogens is 304 g/mol. The molecular formula is C9H4BrClO3S. The second-order valence-electron chi connectivity index (χ2n) is 2.71. The van der Waals surface area contributed by atoms with Gasteiger partial charge >= 0.3 is 6.16 Å². The molecule has 1 aromatic carbocycles. The molecule has 0 aliphatic carbocycles. The monoisotopic (exact) mass is 306 g/mol. The van der Waals surface area contributed by atoms with E-state index >= 15 is 0 Å². The lowest BCUT2D eigenvalue weighted by Crippen LogP contribution is -2.01. The Kier molecular flexibility index (Phi) is 2.86. The first-order valence-corrected chi connectivity index (χ1v) is 5.85. The van der Waals surface area contributed by atoms with Crippen LogP contribution in [0.3, 0.4) is 0 Å². The SMILES string of the molecule is O=C(O)Oc1sc2ccc(Cl)cc2c1Br. The molecule has 2 aromatic rings. The topological polar surface area (TPSA) is 46.5 Å². The molecule has 0 radical (unpaired) electrons. The lowest BCUT2D eigenvalue weighted by Gasteiger charge is -1.94. The van der Waals surface area contributed by atoms with Gasteiger partial charge in [-0.25, -0.2) is 4.79 Å². The first-order valence-electron chi connectivity index (χ1n) is 3.86. The number of carbonyl (C=O) groups is 1. The Morgan fingerprint density at radius 2 is 2.27 bits per heavy atom. The summed E-state index contributed by atoms with van der Waals surface area (Å²) in [4.78, 5) is 10.4. The predicted molar refractivity (Wildman–Crippen MR) is 63.2 cm³/mol. The number of benzene rings is 1. The van der Waals surface area contributed by atoms with E-state index in [4.69, 9.17) is 16.7 Å². The molecule has 2 rings (SSSR count). The van der Waals surface area contributed by atoms with E-state index in [1.54, 1.807) is 12.1 Å². The zero-order valence-electron chi connectivity index (χ0n) is 7.16. The van der Waals surface area contributed by atoms with E-state index in [1.807, 2.05) is 6.07 Å². The van der Waals surface area contributed by atoms with Crippen molar-refractivity contribution in [3.05, 3.63) is 27.7 Å². The van der Waals surface area contributed by atoms with Gasteiger partial charge in [0, 0.05) is 15.1 Å². The van der Waals surface area contributed by atoms with Crippen molar-refractivity contribution in [1.82, 2.24) is 0 Å². The van der Waals surface area contributed by atoms with Gasteiger partial charge in [0.15, 0.2) is 0 Å². The lowest BCUT2D eigenvalue weighted by atomic mass is 10.3. The molecule has 3 nitrogen and oxygen atoms in total. The van der Waals surface area contributed by atoms with Gasteiger partial charge in [-0.2, -0.15) is 0 Å². The largest absolute Gasteiger partial charge is 0.512 e. The number of hydrogen-bond acceptors (Lipinski definition) is 3. The average molecular weight is 308 g/mol. The molecule has 1 heterocycles. The summed E-state index contributed by atoms with van der Waals surface area (Å²) in [5, 5.41) is 10.3.